The predicted molar refractivity (Wildman–Crippen MR) is 62.9 cm³/mol. The lowest BCUT2D eigenvalue weighted by Crippen LogP contribution is -2.44. The van der Waals surface area contributed by atoms with Gasteiger partial charge in [-0.3, -0.25) is 4.79 Å². The van der Waals surface area contributed by atoms with Crippen LogP contribution in [0.25, 0.3) is 0 Å². The molecule has 2 heterocycles. The van der Waals surface area contributed by atoms with Gasteiger partial charge in [0.2, 0.25) is 0 Å². The monoisotopic (exact) mass is 321 g/mol. The van der Waals surface area contributed by atoms with Gasteiger partial charge in [-0.05, 0) is 22.6 Å². The minimum Gasteiger partial charge on any atom is -0.364 e. The molecule has 0 aromatic carbocycles. The van der Waals surface area contributed by atoms with Crippen molar-refractivity contribution in [3.05, 3.63) is 18.2 Å². The number of amides is 1. The highest BCUT2D eigenvalue weighted by molar-refractivity contribution is 14.1. The summed E-state index contributed by atoms with van der Waals surface area (Å²) in [6, 6.07) is 0. The van der Waals surface area contributed by atoms with Crippen LogP contribution in [0.4, 0.5) is 0 Å². The molecule has 0 radical (unpaired) electrons. The second-order valence-electron chi connectivity index (χ2n) is 3.42. The Hall–Kier alpha value is -0.630. The minimum absolute atomic E-state index is 0.0277. The van der Waals surface area contributed by atoms with E-state index in [4.69, 9.17) is 4.74 Å². The molecule has 0 bridgehead atoms. The molecular weight excluding hydrogens is 309 g/mol. The van der Waals surface area contributed by atoms with Gasteiger partial charge in [0.15, 0.2) is 0 Å². The zero-order valence-corrected chi connectivity index (χ0v) is 10.5. The van der Waals surface area contributed by atoms with Crippen LogP contribution in [0.1, 0.15) is 10.5 Å². The van der Waals surface area contributed by atoms with Crippen molar-refractivity contribution >= 4 is 28.5 Å². The van der Waals surface area contributed by atoms with Crippen LogP contribution in [0.2, 0.25) is 0 Å². The highest BCUT2D eigenvalue weighted by atomic mass is 127. The van der Waals surface area contributed by atoms with Crippen molar-refractivity contribution in [1.29, 1.82) is 0 Å². The van der Waals surface area contributed by atoms with E-state index >= 15 is 0 Å². The maximum atomic E-state index is 12.0. The lowest BCUT2D eigenvalue weighted by Gasteiger charge is -2.30. The number of rotatable bonds is 1. The Morgan fingerprint density at radius 1 is 1.73 bits per heavy atom. The number of aromatic nitrogens is 2. The molecule has 1 atom stereocenters. The fourth-order valence-corrected chi connectivity index (χ4v) is 2.25. The zero-order valence-electron chi connectivity index (χ0n) is 8.39. The fraction of sp³-hybridized carbons (Fsp3) is 0.556. The van der Waals surface area contributed by atoms with E-state index < -0.39 is 0 Å². The van der Waals surface area contributed by atoms with Crippen molar-refractivity contribution in [2.45, 2.75) is 4.11 Å². The Morgan fingerprint density at radius 3 is 3.13 bits per heavy atom. The van der Waals surface area contributed by atoms with Gasteiger partial charge < -0.3 is 14.2 Å². The van der Waals surface area contributed by atoms with E-state index in [0.717, 1.165) is 0 Å². The Morgan fingerprint density at radius 2 is 2.53 bits per heavy atom. The summed E-state index contributed by atoms with van der Waals surface area (Å²) in [4.78, 5) is 17.8. The maximum Gasteiger partial charge on any atom is 0.272 e. The SMILES string of the molecule is Cn1cncc1C(=O)N1CCOC(I)C1. The summed E-state index contributed by atoms with van der Waals surface area (Å²) in [7, 11) is 1.82. The van der Waals surface area contributed by atoms with Gasteiger partial charge in [0.25, 0.3) is 5.91 Å². The zero-order chi connectivity index (χ0) is 10.8. The summed E-state index contributed by atoms with van der Waals surface area (Å²) in [6.07, 6.45) is 3.23. The highest BCUT2D eigenvalue weighted by Gasteiger charge is 2.24. The fourth-order valence-electron chi connectivity index (χ4n) is 1.52. The number of ether oxygens (including phenoxy) is 1. The molecule has 1 unspecified atom stereocenters. The smallest absolute Gasteiger partial charge is 0.272 e. The molecule has 15 heavy (non-hydrogen) atoms. The van der Waals surface area contributed by atoms with E-state index in [0.29, 0.717) is 25.4 Å². The predicted octanol–water partition coefficient (Wildman–Crippen LogP) is 0.654. The number of halogens is 1. The van der Waals surface area contributed by atoms with Gasteiger partial charge in [-0.2, -0.15) is 0 Å². The molecule has 1 aliphatic heterocycles. The summed E-state index contributed by atoms with van der Waals surface area (Å²) < 4.78 is 7.20. The Kier molecular flexibility index (Phi) is 3.25. The molecule has 0 N–H and O–H groups in total. The first-order valence-electron chi connectivity index (χ1n) is 4.70. The summed E-state index contributed by atoms with van der Waals surface area (Å²) in [5.74, 6) is 0.0277. The number of hydrogen-bond donors (Lipinski definition) is 0. The van der Waals surface area contributed by atoms with Crippen molar-refractivity contribution in [3.63, 3.8) is 0 Å². The van der Waals surface area contributed by atoms with Crippen LogP contribution < -0.4 is 0 Å². The van der Waals surface area contributed by atoms with Crippen LogP contribution in [0.5, 0.6) is 0 Å². The summed E-state index contributed by atoms with van der Waals surface area (Å²) in [5.41, 5.74) is 0.625. The number of nitrogens with zero attached hydrogens (tertiary/aromatic N) is 3. The number of carbonyl (C=O) groups is 1. The Labute approximate surface area is 102 Å². The number of carbonyl (C=O) groups excluding carboxylic acids is 1. The summed E-state index contributed by atoms with van der Waals surface area (Å²) in [5, 5.41) is 0. The van der Waals surface area contributed by atoms with Crippen LogP contribution >= 0.6 is 22.6 Å². The molecule has 2 rings (SSSR count). The van der Waals surface area contributed by atoms with E-state index in [1.807, 2.05) is 7.05 Å². The lowest BCUT2D eigenvalue weighted by molar-refractivity contribution is 0.0225. The van der Waals surface area contributed by atoms with Gasteiger partial charge in [-0.1, -0.05) is 0 Å². The van der Waals surface area contributed by atoms with Crippen molar-refractivity contribution in [1.82, 2.24) is 14.5 Å². The Bertz CT molecular complexity index is 366. The van der Waals surface area contributed by atoms with Crippen LogP contribution in [-0.2, 0) is 11.8 Å². The van der Waals surface area contributed by atoms with E-state index in [1.165, 1.54) is 0 Å². The lowest BCUT2D eigenvalue weighted by atomic mass is 10.3. The third-order valence-electron chi connectivity index (χ3n) is 2.35. The molecule has 1 amide bonds. The van der Waals surface area contributed by atoms with Gasteiger partial charge in [-0.25, -0.2) is 4.98 Å². The molecule has 1 saturated heterocycles. The second kappa shape index (κ2) is 4.48. The van der Waals surface area contributed by atoms with Crippen molar-refractivity contribution in [2.75, 3.05) is 19.7 Å². The van der Waals surface area contributed by atoms with E-state index in [1.54, 1.807) is 22.0 Å². The summed E-state index contributed by atoms with van der Waals surface area (Å²) >= 11 is 2.19. The van der Waals surface area contributed by atoms with Gasteiger partial charge in [0, 0.05) is 13.6 Å². The minimum atomic E-state index is 0.0277. The molecule has 1 fully saturated rings. The third kappa shape index (κ3) is 2.31. The first-order chi connectivity index (χ1) is 7.18. The summed E-state index contributed by atoms with van der Waals surface area (Å²) in [6.45, 7) is 1.91. The molecular formula is C9H12IN3O2. The van der Waals surface area contributed by atoms with Crippen LogP contribution in [0, 0.1) is 0 Å². The number of aryl methyl sites for hydroxylation is 1. The standard InChI is InChI=1S/C9H12IN3O2/c1-12-6-11-4-7(12)9(14)13-2-3-15-8(10)5-13/h4,6,8H,2-3,5H2,1H3. The van der Waals surface area contributed by atoms with Gasteiger partial charge in [0.1, 0.15) is 9.80 Å². The maximum absolute atomic E-state index is 12.0. The number of morpholine rings is 1. The molecule has 1 aromatic heterocycles. The average Bonchev–Trinajstić information content (AvgIpc) is 2.63. The third-order valence-corrected chi connectivity index (χ3v) is 3.10. The van der Waals surface area contributed by atoms with E-state index in [9.17, 15) is 4.79 Å². The normalized spacial score (nSPS) is 21.7. The number of alkyl halides is 1. The first-order valence-corrected chi connectivity index (χ1v) is 5.94. The van der Waals surface area contributed by atoms with Crippen LogP contribution in [0.3, 0.4) is 0 Å². The van der Waals surface area contributed by atoms with Gasteiger partial charge in [0.05, 0.1) is 25.7 Å². The first kappa shape index (κ1) is 10.9. The molecule has 1 aliphatic rings. The topological polar surface area (TPSA) is 47.4 Å². The van der Waals surface area contributed by atoms with Crippen molar-refractivity contribution in [3.8, 4) is 0 Å². The average molecular weight is 321 g/mol. The molecule has 0 spiro atoms. The van der Waals surface area contributed by atoms with E-state index in [2.05, 4.69) is 27.6 Å². The van der Waals surface area contributed by atoms with Gasteiger partial charge in [-0.15, -0.1) is 0 Å². The van der Waals surface area contributed by atoms with Crippen LogP contribution in [-0.4, -0.2) is 44.2 Å². The van der Waals surface area contributed by atoms with E-state index in [-0.39, 0.29) is 10.0 Å². The molecule has 5 nitrogen and oxygen atoms in total. The van der Waals surface area contributed by atoms with Crippen molar-refractivity contribution < 1.29 is 9.53 Å². The molecule has 6 heteroatoms. The molecule has 1 aromatic rings. The van der Waals surface area contributed by atoms with Crippen molar-refractivity contribution in [2.24, 2.45) is 7.05 Å². The van der Waals surface area contributed by atoms with Gasteiger partial charge >= 0.3 is 0 Å². The second-order valence-corrected chi connectivity index (χ2v) is 4.81. The highest BCUT2D eigenvalue weighted by Crippen LogP contribution is 2.13. The molecule has 0 saturated carbocycles. The Balaban J connectivity index is 2.11. The molecule has 0 aliphatic carbocycles. The molecule has 82 valence electrons. The largest absolute Gasteiger partial charge is 0.364 e. The number of imidazole rings is 1. The number of hydrogen-bond acceptors (Lipinski definition) is 3. The van der Waals surface area contributed by atoms with Crippen LogP contribution in [0.15, 0.2) is 12.5 Å². The quantitative estimate of drug-likeness (QED) is 0.564.